The second-order valence-corrected chi connectivity index (χ2v) is 8.09. The highest BCUT2D eigenvalue weighted by molar-refractivity contribution is 5.82. The highest BCUT2D eigenvalue weighted by Crippen LogP contribution is 2.24. The van der Waals surface area contributed by atoms with Crippen LogP contribution in [0.5, 0.6) is 0 Å². The standard InChI is InChI=1S/C25H28N2O2/c1-17-7-8-19(18(2)13-17)9-10-25(28)27-24-16-29-15-21(24)14-20-11-12-26-23-6-4-3-5-22(20)23/h3-8,11-13,21,24H,9-10,14-16H2,1-2H3,(H,27,28)/t21-,24+/m1/s1. The molecule has 1 N–H and O–H groups in total. The van der Waals surface area contributed by atoms with E-state index in [0.29, 0.717) is 19.6 Å². The number of para-hydroxylation sites is 1. The Balaban J connectivity index is 1.37. The molecule has 1 aliphatic heterocycles. The molecule has 0 bridgehead atoms. The molecule has 1 aliphatic rings. The fourth-order valence-electron chi connectivity index (χ4n) is 4.23. The van der Waals surface area contributed by atoms with Crippen LogP contribution in [0.25, 0.3) is 10.9 Å². The molecule has 4 nitrogen and oxygen atoms in total. The van der Waals surface area contributed by atoms with Gasteiger partial charge in [-0.1, -0.05) is 42.0 Å². The number of hydrogen-bond acceptors (Lipinski definition) is 3. The number of nitrogens with zero attached hydrogens (tertiary/aromatic N) is 1. The lowest BCUT2D eigenvalue weighted by Gasteiger charge is -2.20. The van der Waals surface area contributed by atoms with Gasteiger partial charge in [0.05, 0.1) is 24.8 Å². The Kier molecular flexibility index (Phi) is 5.91. The summed E-state index contributed by atoms with van der Waals surface area (Å²) in [6.45, 7) is 5.47. The summed E-state index contributed by atoms with van der Waals surface area (Å²) in [6.07, 6.45) is 4.02. The summed E-state index contributed by atoms with van der Waals surface area (Å²) in [7, 11) is 0. The van der Waals surface area contributed by atoms with Crippen LogP contribution in [0.3, 0.4) is 0 Å². The number of fused-ring (bicyclic) bond motifs is 1. The predicted octanol–water partition coefficient (Wildman–Crippen LogP) is 4.16. The van der Waals surface area contributed by atoms with E-state index in [2.05, 4.69) is 54.5 Å². The molecule has 0 saturated carbocycles. The van der Waals surface area contributed by atoms with E-state index in [1.54, 1.807) is 0 Å². The molecular formula is C25H28N2O2. The van der Waals surface area contributed by atoms with Gasteiger partial charge < -0.3 is 10.1 Å². The number of carbonyl (C=O) groups excluding carboxylic acids is 1. The maximum absolute atomic E-state index is 12.6. The van der Waals surface area contributed by atoms with Crippen molar-refractivity contribution in [3.63, 3.8) is 0 Å². The van der Waals surface area contributed by atoms with Crippen LogP contribution in [-0.4, -0.2) is 30.1 Å². The van der Waals surface area contributed by atoms with Gasteiger partial charge in [-0.3, -0.25) is 9.78 Å². The Labute approximate surface area is 172 Å². The lowest BCUT2D eigenvalue weighted by molar-refractivity contribution is -0.122. The van der Waals surface area contributed by atoms with E-state index in [4.69, 9.17) is 4.74 Å². The number of ether oxygens (including phenoxy) is 1. The molecule has 2 aromatic carbocycles. The molecule has 2 heterocycles. The number of carbonyl (C=O) groups is 1. The van der Waals surface area contributed by atoms with Crippen LogP contribution >= 0.6 is 0 Å². The summed E-state index contributed by atoms with van der Waals surface area (Å²) in [5.41, 5.74) is 6.03. The first-order chi connectivity index (χ1) is 14.1. The maximum atomic E-state index is 12.6. The van der Waals surface area contributed by atoms with Crippen molar-refractivity contribution in [1.29, 1.82) is 0 Å². The Morgan fingerprint density at radius 3 is 2.83 bits per heavy atom. The molecule has 2 atom stereocenters. The molecular weight excluding hydrogens is 360 g/mol. The molecule has 1 aromatic heterocycles. The van der Waals surface area contributed by atoms with Crippen molar-refractivity contribution in [1.82, 2.24) is 10.3 Å². The quantitative estimate of drug-likeness (QED) is 0.690. The van der Waals surface area contributed by atoms with E-state index in [1.807, 2.05) is 24.4 Å². The maximum Gasteiger partial charge on any atom is 0.220 e. The zero-order chi connectivity index (χ0) is 20.2. The summed E-state index contributed by atoms with van der Waals surface area (Å²) < 4.78 is 5.72. The van der Waals surface area contributed by atoms with Crippen molar-refractivity contribution in [3.8, 4) is 0 Å². The summed E-state index contributed by atoms with van der Waals surface area (Å²) in [6, 6.07) is 16.8. The van der Waals surface area contributed by atoms with Gasteiger partial charge >= 0.3 is 0 Å². The van der Waals surface area contributed by atoms with Crippen LogP contribution in [-0.2, 0) is 22.4 Å². The lowest BCUT2D eigenvalue weighted by atomic mass is 9.93. The number of nitrogens with one attached hydrogen (secondary N) is 1. The van der Waals surface area contributed by atoms with E-state index in [-0.39, 0.29) is 17.9 Å². The second-order valence-electron chi connectivity index (χ2n) is 8.09. The monoisotopic (exact) mass is 388 g/mol. The number of rotatable bonds is 6. The first kappa shape index (κ1) is 19.6. The number of benzene rings is 2. The molecule has 1 fully saturated rings. The third-order valence-electron chi connectivity index (χ3n) is 5.89. The molecule has 0 aliphatic carbocycles. The molecule has 150 valence electrons. The number of aryl methyl sites for hydroxylation is 3. The smallest absolute Gasteiger partial charge is 0.220 e. The highest BCUT2D eigenvalue weighted by Gasteiger charge is 2.30. The summed E-state index contributed by atoms with van der Waals surface area (Å²) in [5.74, 6) is 0.385. The van der Waals surface area contributed by atoms with Crippen LogP contribution in [0.4, 0.5) is 0 Å². The normalized spacial score (nSPS) is 18.8. The zero-order valence-corrected chi connectivity index (χ0v) is 17.2. The average Bonchev–Trinajstić information content (AvgIpc) is 3.14. The predicted molar refractivity (Wildman–Crippen MR) is 116 cm³/mol. The first-order valence-electron chi connectivity index (χ1n) is 10.4. The lowest BCUT2D eigenvalue weighted by Crippen LogP contribution is -2.40. The van der Waals surface area contributed by atoms with E-state index in [1.165, 1.54) is 27.6 Å². The molecule has 0 radical (unpaired) electrons. The van der Waals surface area contributed by atoms with Gasteiger partial charge in [0.2, 0.25) is 5.91 Å². The molecule has 29 heavy (non-hydrogen) atoms. The minimum atomic E-state index is 0.0635. The fraction of sp³-hybridized carbons (Fsp3) is 0.360. The fourth-order valence-corrected chi connectivity index (χ4v) is 4.23. The van der Waals surface area contributed by atoms with Crippen LogP contribution in [0.1, 0.15) is 28.7 Å². The van der Waals surface area contributed by atoms with Crippen LogP contribution in [0.15, 0.2) is 54.7 Å². The molecule has 4 heteroatoms. The van der Waals surface area contributed by atoms with Crippen LogP contribution in [0, 0.1) is 19.8 Å². The van der Waals surface area contributed by atoms with Crippen molar-refractivity contribution < 1.29 is 9.53 Å². The number of amides is 1. The van der Waals surface area contributed by atoms with Gasteiger partial charge in [-0.05, 0) is 55.5 Å². The van der Waals surface area contributed by atoms with Gasteiger partial charge in [-0.2, -0.15) is 0 Å². The molecule has 1 saturated heterocycles. The molecule has 1 amide bonds. The Bertz CT molecular complexity index is 1010. The summed E-state index contributed by atoms with van der Waals surface area (Å²) in [5, 5.41) is 4.40. The largest absolute Gasteiger partial charge is 0.379 e. The van der Waals surface area contributed by atoms with E-state index >= 15 is 0 Å². The van der Waals surface area contributed by atoms with Gasteiger partial charge in [-0.25, -0.2) is 0 Å². The summed E-state index contributed by atoms with van der Waals surface area (Å²) >= 11 is 0. The minimum Gasteiger partial charge on any atom is -0.379 e. The van der Waals surface area contributed by atoms with Crippen molar-refractivity contribution >= 4 is 16.8 Å². The summed E-state index contributed by atoms with van der Waals surface area (Å²) in [4.78, 5) is 17.0. The number of hydrogen-bond donors (Lipinski definition) is 1. The zero-order valence-electron chi connectivity index (χ0n) is 17.2. The molecule has 3 aromatic rings. The third kappa shape index (κ3) is 4.65. The molecule has 4 rings (SSSR count). The SMILES string of the molecule is Cc1ccc(CCC(=O)N[C@H]2COC[C@H]2Cc2ccnc3ccccc23)c(C)c1. The van der Waals surface area contributed by atoms with Gasteiger partial charge in [-0.15, -0.1) is 0 Å². The third-order valence-corrected chi connectivity index (χ3v) is 5.89. The van der Waals surface area contributed by atoms with Crippen molar-refractivity contribution in [2.24, 2.45) is 5.92 Å². The molecule has 0 spiro atoms. The Morgan fingerprint density at radius 1 is 1.10 bits per heavy atom. The topological polar surface area (TPSA) is 51.2 Å². The van der Waals surface area contributed by atoms with Crippen LogP contribution in [0.2, 0.25) is 0 Å². The van der Waals surface area contributed by atoms with Crippen LogP contribution < -0.4 is 5.32 Å². The van der Waals surface area contributed by atoms with Gasteiger partial charge in [0.15, 0.2) is 0 Å². The van der Waals surface area contributed by atoms with Gasteiger partial charge in [0.25, 0.3) is 0 Å². The van der Waals surface area contributed by atoms with Crippen molar-refractivity contribution in [2.45, 2.75) is 39.2 Å². The van der Waals surface area contributed by atoms with E-state index in [9.17, 15) is 4.79 Å². The minimum absolute atomic E-state index is 0.0635. The van der Waals surface area contributed by atoms with Gasteiger partial charge in [0, 0.05) is 23.9 Å². The Morgan fingerprint density at radius 2 is 1.97 bits per heavy atom. The molecule has 0 unspecified atom stereocenters. The Hall–Kier alpha value is -2.72. The van der Waals surface area contributed by atoms with Gasteiger partial charge in [0.1, 0.15) is 0 Å². The van der Waals surface area contributed by atoms with Crippen molar-refractivity contribution in [2.75, 3.05) is 13.2 Å². The average molecular weight is 389 g/mol. The first-order valence-corrected chi connectivity index (χ1v) is 10.4. The number of aromatic nitrogens is 1. The second kappa shape index (κ2) is 8.75. The van der Waals surface area contributed by atoms with E-state index < -0.39 is 0 Å². The van der Waals surface area contributed by atoms with E-state index in [0.717, 1.165) is 18.4 Å². The highest BCUT2D eigenvalue weighted by atomic mass is 16.5. The van der Waals surface area contributed by atoms with Crippen molar-refractivity contribution in [3.05, 3.63) is 77.0 Å². The number of pyridine rings is 1.